The highest BCUT2D eigenvalue weighted by Gasteiger charge is 2.40. The first-order valence-corrected chi connectivity index (χ1v) is 13.1. The number of benzene rings is 1. The fraction of sp³-hybridized carbons (Fsp3) is 0.464. The maximum Gasteiger partial charge on any atom is 0.426 e. The van der Waals surface area contributed by atoms with Crippen LogP contribution in [0.4, 0.5) is 9.59 Å². The Labute approximate surface area is 228 Å². The number of pyridine rings is 1. The van der Waals surface area contributed by atoms with Crippen molar-refractivity contribution in [2.24, 2.45) is 11.8 Å². The van der Waals surface area contributed by atoms with E-state index in [4.69, 9.17) is 9.47 Å². The van der Waals surface area contributed by atoms with Gasteiger partial charge in [0.05, 0.1) is 12.6 Å². The minimum Gasteiger partial charge on any atom is -0.445 e. The van der Waals surface area contributed by atoms with Gasteiger partial charge in [-0.25, -0.2) is 14.6 Å². The molecule has 1 unspecified atom stereocenters. The van der Waals surface area contributed by atoms with Crippen molar-refractivity contribution < 1.29 is 28.7 Å². The zero-order chi connectivity index (χ0) is 28.4. The molecule has 210 valence electrons. The molecule has 3 atom stereocenters. The first-order valence-electron chi connectivity index (χ1n) is 13.1. The Morgan fingerprint density at radius 2 is 1.64 bits per heavy atom. The molecule has 0 aliphatic carbocycles. The summed E-state index contributed by atoms with van der Waals surface area (Å²) in [4.78, 5) is 55.6. The number of ketones is 1. The fourth-order valence-corrected chi connectivity index (χ4v) is 4.07. The second-order valence-corrected chi connectivity index (χ2v) is 10.3. The van der Waals surface area contributed by atoms with Crippen LogP contribution in [0.2, 0.25) is 0 Å². The van der Waals surface area contributed by atoms with Crippen LogP contribution in [0.25, 0.3) is 0 Å². The van der Waals surface area contributed by atoms with E-state index in [1.807, 2.05) is 58.0 Å². The van der Waals surface area contributed by atoms with Gasteiger partial charge in [0.25, 0.3) is 0 Å². The fourth-order valence-electron chi connectivity index (χ4n) is 4.07. The van der Waals surface area contributed by atoms with E-state index in [0.717, 1.165) is 11.1 Å². The largest absolute Gasteiger partial charge is 0.445 e. The SMILES string of the molecule is CC(C)C[C@H](NC(=O)OCc1ccccc1)C(=O)N[C@@H](CC(C)C)C(=O)C1NN(Cc2cccnc2)C(=O)O1. The summed E-state index contributed by atoms with van der Waals surface area (Å²) in [5.74, 6) is -0.881. The maximum absolute atomic E-state index is 13.4. The minimum atomic E-state index is -1.26. The highest BCUT2D eigenvalue weighted by Crippen LogP contribution is 2.16. The van der Waals surface area contributed by atoms with Crippen molar-refractivity contribution in [2.75, 3.05) is 0 Å². The summed E-state index contributed by atoms with van der Waals surface area (Å²) in [6.07, 6.45) is 1.19. The Balaban J connectivity index is 1.63. The van der Waals surface area contributed by atoms with Crippen molar-refractivity contribution in [3.8, 4) is 0 Å². The highest BCUT2D eigenvalue weighted by atomic mass is 16.6. The van der Waals surface area contributed by atoms with E-state index in [1.54, 1.807) is 24.5 Å². The topological polar surface area (TPSA) is 139 Å². The van der Waals surface area contributed by atoms with Gasteiger partial charge in [-0.15, -0.1) is 0 Å². The molecule has 0 radical (unpaired) electrons. The molecule has 1 aromatic heterocycles. The van der Waals surface area contributed by atoms with Crippen molar-refractivity contribution in [3.63, 3.8) is 0 Å². The van der Waals surface area contributed by atoms with E-state index in [-0.39, 0.29) is 25.0 Å². The Morgan fingerprint density at radius 1 is 0.974 bits per heavy atom. The number of ether oxygens (including phenoxy) is 2. The Hall–Kier alpha value is -3.99. The number of amides is 3. The number of carbonyl (C=O) groups is 4. The number of carbonyl (C=O) groups excluding carboxylic acids is 4. The number of nitrogens with zero attached hydrogens (tertiary/aromatic N) is 2. The van der Waals surface area contributed by atoms with Gasteiger partial charge in [0.15, 0.2) is 0 Å². The van der Waals surface area contributed by atoms with Gasteiger partial charge in [0.1, 0.15) is 12.6 Å². The van der Waals surface area contributed by atoms with Gasteiger partial charge < -0.3 is 20.1 Å². The van der Waals surface area contributed by atoms with Crippen LogP contribution >= 0.6 is 0 Å². The number of Topliss-reactive ketones (excluding diaryl/α,β-unsaturated/α-hetero) is 1. The van der Waals surface area contributed by atoms with Crippen molar-refractivity contribution in [1.29, 1.82) is 0 Å². The smallest absolute Gasteiger partial charge is 0.426 e. The van der Waals surface area contributed by atoms with Gasteiger partial charge in [-0.1, -0.05) is 64.1 Å². The summed E-state index contributed by atoms with van der Waals surface area (Å²) in [6, 6.07) is 10.9. The molecule has 1 aliphatic heterocycles. The van der Waals surface area contributed by atoms with Gasteiger partial charge in [0.2, 0.25) is 17.9 Å². The minimum absolute atomic E-state index is 0.0511. The molecule has 1 aliphatic rings. The van der Waals surface area contributed by atoms with Crippen molar-refractivity contribution in [3.05, 3.63) is 66.0 Å². The molecule has 2 heterocycles. The van der Waals surface area contributed by atoms with E-state index >= 15 is 0 Å². The molecule has 0 spiro atoms. The molecule has 3 N–H and O–H groups in total. The van der Waals surface area contributed by atoms with Crippen LogP contribution in [0.3, 0.4) is 0 Å². The average Bonchev–Trinajstić information content (AvgIpc) is 3.26. The third-order valence-corrected chi connectivity index (χ3v) is 5.93. The molecule has 3 rings (SSSR count). The monoisotopic (exact) mass is 539 g/mol. The van der Waals surface area contributed by atoms with Crippen molar-refractivity contribution in [1.82, 2.24) is 26.1 Å². The van der Waals surface area contributed by atoms with E-state index in [1.165, 1.54) is 5.01 Å². The normalized spacial score (nSPS) is 16.5. The molecule has 0 saturated carbocycles. The molecule has 1 aromatic carbocycles. The number of nitrogens with one attached hydrogen (secondary N) is 3. The van der Waals surface area contributed by atoms with Crippen LogP contribution < -0.4 is 16.1 Å². The molecule has 11 nitrogen and oxygen atoms in total. The number of cyclic esters (lactones) is 1. The quantitative estimate of drug-likeness (QED) is 0.352. The number of hydrazine groups is 1. The van der Waals surface area contributed by atoms with Gasteiger partial charge in [-0.05, 0) is 41.9 Å². The van der Waals surface area contributed by atoms with E-state index in [2.05, 4.69) is 21.0 Å². The molecule has 1 fully saturated rings. The van der Waals surface area contributed by atoms with Crippen LogP contribution in [0.15, 0.2) is 54.9 Å². The summed E-state index contributed by atoms with van der Waals surface area (Å²) in [5, 5.41) is 6.59. The molecule has 11 heteroatoms. The van der Waals surface area contributed by atoms with Crippen LogP contribution in [0, 0.1) is 11.8 Å². The van der Waals surface area contributed by atoms with Crippen LogP contribution in [0.1, 0.15) is 51.7 Å². The van der Waals surface area contributed by atoms with Gasteiger partial charge in [0, 0.05) is 12.4 Å². The number of alkyl carbamates (subject to hydrolysis) is 1. The summed E-state index contributed by atoms with van der Waals surface area (Å²) in [6.45, 7) is 7.90. The highest BCUT2D eigenvalue weighted by molar-refractivity contribution is 5.95. The maximum atomic E-state index is 13.4. The standard InChI is InChI=1S/C28H37N5O6/c1-18(2)13-22(24(34)26-32-33(28(37)39-26)16-21-11-8-12-29-15-21)30-25(35)23(14-19(3)4)31-27(36)38-17-20-9-6-5-7-10-20/h5-12,15,18-19,22-23,26,32H,13-14,16-17H2,1-4H3,(H,30,35)(H,31,36)/t22-,23-,26?/m0/s1. The molecule has 2 aromatic rings. The summed E-state index contributed by atoms with van der Waals surface area (Å²) < 4.78 is 10.6. The van der Waals surface area contributed by atoms with E-state index in [0.29, 0.717) is 12.8 Å². The van der Waals surface area contributed by atoms with Crippen LogP contribution in [-0.2, 0) is 32.2 Å². The third-order valence-electron chi connectivity index (χ3n) is 5.93. The Bertz CT molecular complexity index is 1110. The molecular weight excluding hydrogens is 502 g/mol. The predicted octanol–water partition coefficient (Wildman–Crippen LogP) is 3.31. The number of hydrogen-bond acceptors (Lipinski definition) is 8. The average molecular weight is 540 g/mol. The molecule has 0 bridgehead atoms. The van der Waals surface area contributed by atoms with E-state index in [9.17, 15) is 19.2 Å². The van der Waals surface area contributed by atoms with Crippen molar-refractivity contribution in [2.45, 2.75) is 72.0 Å². The zero-order valence-corrected chi connectivity index (χ0v) is 22.8. The first kappa shape index (κ1) is 29.6. The first-order chi connectivity index (χ1) is 18.6. The van der Waals surface area contributed by atoms with Crippen LogP contribution in [0.5, 0.6) is 0 Å². The van der Waals surface area contributed by atoms with Crippen LogP contribution in [-0.4, -0.2) is 52.2 Å². The Morgan fingerprint density at radius 3 is 2.28 bits per heavy atom. The second kappa shape index (κ2) is 14.2. The molecular formula is C28H37N5O6. The zero-order valence-electron chi connectivity index (χ0n) is 22.8. The molecule has 1 saturated heterocycles. The lowest BCUT2D eigenvalue weighted by atomic mass is 9.97. The lowest BCUT2D eigenvalue weighted by Crippen LogP contribution is -2.55. The number of aromatic nitrogens is 1. The Kier molecular flexibility index (Phi) is 10.8. The second-order valence-electron chi connectivity index (χ2n) is 10.3. The summed E-state index contributed by atoms with van der Waals surface area (Å²) in [7, 11) is 0. The van der Waals surface area contributed by atoms with Gasteiger partial charge >= 0.3 is 12.2 Å². The third kappa shape index (κ3) is 9.36. The predicted molar refractivity (Wildman–Crippen MR) is 143 cm³/mol. The van der Waals surface area contributed by atoms with Gasteiger partial charge in [-0.3, -0.25) is 14.6 Å². The number of hydrogen-bond donors (Lipinski definition) is 3. The summed E-state index contributed by atoms with van der Waals surface area (Å²) in [5.41, 5.74) is 4.35. The lowest BCUT2D eigenvalue weighted by Gasteiger charge is -2.25. The summed E-state index contributed by atoms with van der Waals surface area (Å²) >= 11 is 0. The van der Waals surface area contributed by atoms with E-state index < -0.39 is 42.2 Å². The molecule has 3 amide bonds. The molecule has 39 heavy (non-hydrogen) atoms. The van der Waals surface area contributed by atoms with Crippen molar-refractivity contribution >= 4 is 23.9 Å². The van der Waals surface area contributed by atoms with Gasteiger partial charge in [-0.2, -0.15) is 5.43 Å². The lowest BCUT2D eigenvalue weighted by molar-refractivity contribution is -0.134. The number of rotatable bonds is 13.